The van der Waals surface area contributed by atoms with Gasteiger partial charge in [0.15, 0.2) is 0 Å². The summed E-state index contributed by atoms with van der Waals surface area (Å²) in [7, 11) is 4.14. The fourth-order valence-corrected chi connectivity index (χ4v) is 3.46. The van der Waals surface area contributed by atoms with E-state index in [1.165, 1.54) is 12.8 Å². The summed E-state index contributed by atoms with van der Waals surface area (Å²) in [6, 6.07) is 1.08. The first-order chi connectivity index (χ1) is 7.60. The fourth-order valence-electron chi connectivity index (χ4n) is 3.46. The summed E-state index contributed by atoms with van der Waals surface area (Å²) < 4.78 is 1.95. The van der Waals surface area contributed by atoms with Crippen molar-refractivity contribution in [2.75, 3.05) is 7.05 Å². The molecule has 16 heavy (non-hydrogen) atoms. The minimum Gasteiger partial charge on any atom is -0.383 e. The molecule has 2 bridgehead atoms. The van der Waals surface area contributed by atoms with E-state index in [9.17, 15) is 5.11 Å². The predicted molar refractivity (Wildman–Crippen MR) is 60.9 cm³/mol. The van der Waals surface area contributed by atoms with Gasteiger partial charge in [-0.3, -0.25) is 0 Å². The molecule has 0 aromatic carbocycles. The van der Waals surface area contributed by atoms with Crippen molar-refractivity contribution >= 4 is 0 Å². The van der Waals surface area contributed by atoms with Crippen LogP contribution >= 0.6 is 0 Å². The van der Waals surface area contributed by atoms with Crippen LogP contribution in [0.2, 0.25) is 0 Å². The summed E-state index contributed by atoms with van der Waals surface area (Å²) in [5.74, 6) is 0. The molecule has 2 saturated heterocycles. The Kier molecular flexibility index (Phi) is 2.13. The molecule has 2 atom stereocenters. The predicted octanol–water partition coefficient (Wildman–Crippen LogP) is 0.864. The SMILES string of the molecule is CN1C2CCC1CC(O)(c1cncn1C)C2. The summed E-state index contributed by atoms with van der Waals surface area (Å²) in [4.78, 5) is 6.56. The van der Waals surface area contributed by atoms with E-state index < -0.39 is 5.60 Å². The van der Waals surface area contributed by atoms with E-state index in [1.54, 1.807) is 6.33 Å². The van der Waals surface area contributed by atoms with Gasteiger partial charge in [0.2, 0.25) is 0 Å². The number of hydrogen-bond donors (Lipinski definition) is 1. The normalized spacial score (nSPS) is 39.2. The molecule has 4 heteroatoms. The molecule has 4 nitrogen and oxygen atoms in total. The number of aromatic nitrogens is 2. The van der Waals surface area contributed by atoms with Crippen LogP contribution in [0.4, 0.5) is 0 Å². The Labute approximate surface area is 95.9 Å². The molecule has 0 saturated carbocycles. The molecule has 3 rings (SSSR count). The fraction of sp³-hybridized carbons (Fsp3) is 0.750. The lowest BCUT2D eigenvalue weighted by molar-refractivity contribution is -0.0542. The van der Waals surface area contributed by atoms with Crippen molar-refractivity contribution in [1.29, 1.82) is 0 Å². The largest absolute Gasteiger partial charge is 0.383 e. The Balaban J connectivity index is 1.94. The molecule has 3 heterocycles. The van der Waals surface area contributed by atoms with Crippen molar-refractivity contribution in [2.24, 2.45) is 7.05 Å². The molecule has 1 aromatic rings. The van der Waals surface area contributed by atoms with Gasteiger partial charge in [-0.25, -0.2) is 4.98 Å². The van der Waals surface area contributed by atoms with Gasteiger partial charge in [0, 0.05) is 19.1 Å². The Hall–Kier alpha value is -0.870. The van der Waals surface area contributed by atoms with E-state index in [2.05, 4.69) is 16.9 Å². The van der Waals surface area contributed by atoms with Crippen LogP contribution < -0.4 is 0 Å². The second-order valence-electron chi connectivity index (χ2n) is 5.38. The number of fused-ring (bicyclic) bond motifs is 2. The molecule has 2 aliphatic rings. The topological polar surface area (TPSA) is 41.3 Å². The number of nitrogens with zero attached hydrogens (tertiary/aromatic N) is 3. The number of rotatable bonds is 1. The van der Waals surface area contributed by atoms with Gasteiger partial charge < -0.3 is 14.6 Å². The highest BCUT2D eigenvalue weighted by atomic mass is 16.3. The molecule has 1 N–H and O–H groups in total. The molecule has 0 aliphatic carbocycles. The second kappa shape index (κ2) is 3.31. The van der Waals surface area contributed by atoms with E-state index >= 15 is 0 Å². The van der Waals surface area contributed by atoms with Gasteiger partial charge in [0.25, 0.3) is 0 Å². The van der Waals surface area contributed by atoms with Crippen LogP contribution in [0.1, 0.15) is 31.4 Å². The molecule has 2 fully saturated rings. The maximum Gasteiger partial charge on any atom is 0.109 e. The smallest absolute Gasteiger partial charge is 0.109 e. The van der Waals surface area contributed by atoms with Gasteiger partial charge in [-0.05, 0) is 32.7 Å². The number of imidazole rings is 1. The van der Waals surface area contributed by atoms with Crippen molar-refractivity contribution in [1.82, 2.24) is 14.5 Å². The Bertz CT molecular complexity index is 387. The molecule has 2 unspecified atom stereocenters. The van der Waals surface area contributed by atoms with Gasteiger partial charge in [0.05, 0.1) is 18.2 Å². The van der Waals surface area contributed by atoms with Gasteiger partial charge in [0.1, 0.15) is 5.60 Å². The first-order valence-electron chi connectivity index (χ1n) is 6.01. The summed E-state index contributed by atoms with van der Waals surface area (Å²) >= 11 is 0. The number of aryl methyl sites for hydroxylation is 1. The Morgan fingerprint density at radius 1 is 1.31 bits per heavy atom. The molecular formula is C12H19N3O. The van der Waals surface area contributed by atoms with Crippen LogP contribution in [0.15, 0.2) is 12.5 Å². The van der Waals surface area contributed by atoms with Gasteiger partial charge in [-0.1, -0.05) is 0 Å². The molecule has 0 amide bonds. The number of hydrogen-bond acceptors (Lipinski definition) is 3. The Morgan fingerprint density at radius 3 is 2.44 bits per heavy atom. The maximum atomic E-state index is 10.8. The van der Waals surface area contributed by atoms with Crippen molar-refractivity contribution in [3.05, 3.63) is 18.2 Å². The molecule has 88 valence electrons. The van der Waals surface area contributed by atoms with Crippen LogP contribution in [-0.4, -0.2) is 38.7 Å². The Morgan fingerprint density at radius 2 is 1.94 bits per heavy atom. The lowest BCUT2D eigenvalue weighted by Gasteiger charge is -2.42. The lowest BCUT2D eigenvalue weighted by atomic mass is 9.84. The van der Waals surface area contributed by atoms with E-state index in [0.29, 0.717) is 12.1 Å². The van der Waals surface area contributed by atoms with E-state index in [1.807, 2.05) is 17.8 Å². The zero-order chi connectivity index (χ0) is 11.3. The van der Waals surface area contributed by atoms with Crippen LogP contribution in [0.25, 0.3) is 0 Å². The monoisotopic (exact) mass is 221 g/mol. The van der Waals surface area contributed by atoms with Crippen LogP contribution in [-0.2, 0) is 12.6 Å². The molecular weight excluding hydrogens is 202 g/mol. The van der Waals surface area contributed by atoms with E-state index in [4.69, 9.17) is 0 Å². The van der Waals surface area contributed by atoms with Crippen molar-refractivity contribution in [3.63, 3.8) is 0 Å². The lowest BCUT2D eigenvalue weighted by Crippen LogP contribution is -2.48. The van der Waals surface area contributed by atoms with Gasteiger partial charge in [-0.15, -0.1) is 0 Å². The third-order valence-electron chi connectivity index (χ3n) is 4.43. The number of piperidine rings is 1. The highest BCUT2D eigenvalue weighted by Gasteiger charge is 2.47. The van der Waals surface area contributed by atoms with Crippen molar-refractivity contribution in [3.8, 4) is 0 Å². The van der Waals surface area contributed by atoms with E-state index in [-0.39, 0.29) is 0 Å². The van der Waals surface area contributed by atoms with E-state index in [0.717, 1.165) is 18.5 Å². The van der Waals surface area contributed by atoms with Crippen molar-refractivity contribution < 1.29 is 5.11 Å². The molecule has 0 spiro atoms. The van der Waals surface area contributed by atoms with Crippen molar-refractivity contribution in [2.45, 2.75) is 43.4 Å². The molecule has 1 aromatic heterocycles. The molecule has 0 radical (unpaired) electrons. The van der Waals surface area contributed by atoms with Crippen LogP contribution in [0.5, 0.6) is 0 Å². The van der Waals surface area contributed by atoms with Crippen LogP contribution in [0.3, 0.4) is 0 Å². The zero-order valence-electron chi connectivity index (χ0n) is 9.93. The zero-order valence-corrected chi connectivity index (χ0v) is 9.93. The van der Waals surface area contributed by atoms with Gasteiger partial charge >= 0.3 is 0 Å². The third kappa shape index (κ3) is 1.33. The number of aliphatic hydroxyl groups is 1. The first kappa shape index (κ1) is 10.3. The quantitative estimate of drug-likeness (QED) is 0.765. The van der Waals surface area contributed by atoms with Crippen LogP contribution in [0, 0.1) is 0 Å². The summed E-state index contributed by atoms with van der Waals surface area (Å²) in [6.45, 7) is 0. The average molecular weight is 221 g/mol. The van der Waals surface area contributed by atoms with Gasteiger partial charge in [-0.2, -0.15) is 0 Å². The first-order valence-corrected chi connectivity index (χ1v) is 6.01. The minimum atomic E-state index is -0.663. The minimum absolute atomic E-state index is 0.540. The third-order valence-corrected chi connectivity index (χ3v) is 4.43. The summed E-state index contributed by atoms with van der Waals surface area (Å²) in [5, 5.41) is 10.8. The maximum absolute atomic E-state index is 10.8. The summed E-state index contributed by atoms with van der Waals surface area (Å²) in [6.07, 6.45) is 7.72. The second-order valence-corrected chi connectivity index (χ2v) is 5.38. The standard InChI is InChI=1S/C12H19N3O/c1-14-8-13-7-11(14)12(16)5-9-3-4-10(6-12)15(9)2/h7-10,16H,3-6H2,1-2H3. The average Bonchev–Trinajstić information content (AvgIpc) is 2.73. The molecule has 2 aliphatic heterocycles. The summed E-state index contributed by atoms with van der Waals surface area (Å²) in [5.41, 5.74) is 0.307. The highest BCUT2D eigenvalue weighted by Crippen LogP contribution is 2.44. The highest BCUT2D eigenvalue weighted by molar-refractivity contribution is 5.15.